The maximum Gasteiger partial charge on any atom is 0.335 e. The molecule has 1 aromatic rings. The van der Waals surface area contributed by atoms with Crippen molar-refractivity contribution in [3.05, 3.63) is 29.8 Å². The Bertz CT molecular complexity index is 744. The summed E-state index contributed by atoms with van der Waals surface area (Å²) >= 11 is 0. The number of carbonyl (C=O) groups excluding carboxylic acids is 3. The second kappa shape index (κ2) is 5.68. The lowest BCUT2D eigenvalue weighted by atomic mass is 9.81. The largest absolute Gasteiger partial charge is 0.478 e. The zero-order valence-electron chi connectivity index (χ0n) is 13.5. The summed E-state index contributed by atoms with van der Waals surface area (Å²) in [5, 5.41) is 11.5. The average Bonchev–Trinajstić information content (AvgIpc) is 3.25. The van der Waals surface area contributed by atoms with E-state index >= 15 is 0 Å². The molecule has 2 bridgehead atoms. The van der Waals surface area contributed by atoms with E-state index in [9.17, 15) is 19.2 Å². The highest BCUT2D eigenvalue weighted by Gasteiger charge is 2.60. The molecule has 2 N–H and O–H groups in total. The van der Waals surface area contributed by atoms with Gasteiger partial charge in [0.2, 0.25) is 17.7 Å². The molecule has 2 saturated carbocycles. The standard InChI is InChI=1S/C18H18N2O5/c21-13(19-12-5-3-9(4-6-12)18(24)25)8-20-16(22)14-10-1-2-11(7-10)15(14)17(20)23/h3-6,10-11,14-15H,1-2,7-8H2,(H,19,21)(H,24,25)/t10-,11-,14+,15+/m0/s1. The number of benzene rings is 1. The molecule has 0 spiro atoms. The predicted molar refractivity (Wildman–Crippen MR) is 86.6 cm³/mol. The Hall–Kier alpha value is -2.70. The number of carboxylic acid groups (broad SMARTS) is 1. The van der Waals surface area contributed by atoms with Crippen molar-refractivity contribution in [2.45, 2.75) is 19.3 Å². The number of anilines is 1. The fourth-order valence-corrected chi connectivity index (χ4v) is 4.67. The minimum absolute atomic E-state index is 0.117. The van der Waals surface area contributed by atoms with Crippen LogP contribution in [0.5, 0.6) is 0 Å². The van der Waals surface area contributed by atoms with Gasteiger partial charge in [-0.05, 0) is 55.4 Å². The summed E-state index contributed by atoms with van der Waals surface area (Å²) in [5.41, 5.74) is 0.542. The molecule has 3 amide bonds. The summed E-state index contributed by atoms with van der Waals surface area (Å²) in [6, 6.07) is 5.71. The molecule has 3 aliphatic rings. The summed E-state index contributed by atoms with van der Waals surface area (Å²) < 4.78 is 0. The first-order chi connectivity index (χ1) is 12.0. The van der Waals surface area contributed by atoms with Gasteiger partial charge in [-0.25, -0.2) is 4.79 Å². The first-order valence-electron chi connectivity index (χ1n) is 8.44. The lowest BCUT2D eigenvalue weighted by molar-refractivity contribution is -0.143. The number of amides is 3. The van der Waals surface area contributed by atoms with Gasteiger partial charge in [-0.15, -0.1) is 0 Å². The van der Waals surface area contributed by atoms with E-state index in [0.29, 0.717) is 17.5 Å². The van der Waals surface area contributed by atoms with E-state index in [-0.39, 0.29) is 35.8 Å². The molecule has 4 rings (SSSR count). The van der Waals surface area contributed by atoms with Crippen LogP contribution in [0.1, 0.15) is 29.6 Å². The molecule has 1 aromatic carbocycles. The van der Waals surface area contributed by atoms with Crippen LogP contribution >= 0.6 is 0 Å². The molecule has 4 atom stereocenters. The van der Waals surface area contributed by atoms with Crippen LogP contribution in [-0.2, 0) is 14.4 Å². The third-order valence-corrected chi connectivity index (χ3v) is 5.74. The Morgan fingerprint density at radius 3 is 2.12 bits per heavy atom. The fraction of sp³-hybridized carbons (Fsp3) is 0.444. The van der Waals surface area contributed by atoms with Crippen LogP contribution in [0.25, 0.3) is 0 Å². The molecule has 25 heavy (non-hydrogen) atoms. The zero-order chi connectivity index (χ0) is 17.7. The molecule has 0 aromatic heterocycles. The number of carbonyl (C=O) groups is 4. The Morgan fingerprint density at radius 2 is 1.60 bits per heavy atom. The van der Waals surface area contributed by atoms with Gasteiger partial charge in [0.05, 0.1) is 17.4 Å². The van der Waals surface area contributed by atoms with Crippen molar-refractivity contribution in [1.29, 1.82) is 0 Å². The molecule has 7 heteroatoms. The number of carboxylic acids is 1. The van der Waals surface area contributed by atoms with E-state index in [0.717, 1.165) is 24.2 Å². The molecule has 0 radical (unpaired) electrons. The predicted octanol–water partition coefficient (Wildman–Crippen LogP) is 1.35. The minimum Gasteiger partial charge on any atom is -0.478 e. The van der Waals surface area contributed by atoms with Crippen molar-refractivity contribution in [1.82, 2.24) is 4.90 Å². The quantitative estimate of drug-likeness (QED) is 0.804. The van der Waals surface area contributed by atoms with Crippen LogP contribution in [0.4, 0.5) is 5.69 Å². The highest BCUT2D eigenvalue weighted by Crippen LogP contribution is 2.56. The molecule has 3 fully saturated rings. The van der Waals surface area contributed by atoms with Crippen molar-refractivity contribution in [3.8, 4) is 0 Å². The smallest absolute Gasteiger partial charge is 0.335 e. The fourth-order valence-electron chi connectivity index (χ4n) is 4.67. The van der Waals surface area contributed by atoms with Crippen LogP contribution < -0.4 is 5.32 Å². The maximum atomic E-state index is 12.6. The van der Waals surface area contributed by atoms with E-state index < -0.39 is 11.9 Å². The normalized spacial score (nSPS) is 29.8. The first kappa shape index (κ1) is 15.8. The highest BCUT2D eigenvalue weighted by molar-refractivity contribution is 6.09. The summed E-state index contributed by atoms with van der Waals surface area (Å²) in [4.78, 5) is 49.2. The molecule has 130 valence electrons. The van der Waals surface area contributed by atoms with Crippen LogP contribution in [0, 0.1) is 23.7 Å². The number of nitrogens with one attached hydrogen (secondary N) is 1. The van der Waals surface area contributed by atoms with Gasteiger partial charge in [0.15, 0.2) is 0 Å². The molecule has 1 heterocycles. The molecule has 1 aliphatic heterocycles. The van der Waals surface area contributed by atoms with Gasteiger partial charge in [0, 0.05) is 5.69 Å². The SMILES string of the molecule is O=C(CN1C(=O)[C@@H]2[C@H]3CC[C@@H](C3)[C@H]2C1=O)Nc1ccc(C(=O)O)cc1. The van der Waals surface area contributed by atoms with Crippen LogP contribution in [0.15, 0.2) is 24.3 Å². The van der Waals surface area contributed by atoms with Crippen molar-refractivity contribution in [3.63, 3.8) is 0 Å². The number of rotatable bonds is 4. The number of hydrogen-bond donors (Lipinski definition) is 2. The maximum absolute atomic E-state index is 12.6. The Labute approximate surface area is 144 Å². The van der Waals surface area contributed by atoms with Crippen LogP contribution in [-0.4, -0.2) is 40.2 Å². The number of nitrogens with zero attached hydrogens (tertiary/aromatic N) is 1. The molecule has 1 saturated heterocycles. The van der Waals surface area contributed by atoms with Crippen molar-refractivity contribution < 1.29 is 24.3 Å². The van der Waals surface area contributed by atoms with Gasteiger partial charge in [0.25, 0.3) is 0 Å². The Kier molecular flexibility index (Phi) is 3.59. The van der Waals surface area contributed by atoms with Crippen molar-refractivity contribution >= 4 is 29.4 Å². The van der Waals surface area contributed by atoms with E-state index in [1.807, 2.05) is 0 Å². The summed E-state index contributed by atoms with van der Waals surface area (Å²) in [7, 11) is 0. The summed E-state index contributed by atoms with van der Waals surface area (Å²) in [6.45, 7) is -0.287. The van der Waals surface area contributed by atoms with Gasteiger partial charge in [-0.2, -0.15) is 0 Å². The molecular weight excluding hydrogens is 324 g/mol. The first-order valence-corrected chi connectivity index (χ1v) is 8.44. The average molecular weight is 342 g/mol. The number of aromatic carboxylic acids is 1. The third-order valence-electron chi connectivity index (χ3n) is 5.74. The topological polar surface area (TPSA) is 104 Å². The van der Waals surface area contributed by atoms with Crippen molar-refractivity contribution in [2.75, 3.05) is 11.9 Å². The second-order valence-electron chi connectivity index (χ2n) is 7.08. The van der Waals surface area contributed by atoms with Gasteiger partial charge < -0.3 is 10.4 Å². The Morgan fingerprint density at radius 1 is 1.04 bits per heavy atom. The zero-order valence-corrected chi connectivity index (χ0v) is 13.5. The molecular formula is C18H18N2O5. The van der Waals surface area contributed by atoms with Gasteiger partial charge in [0.1, 0.15) is 6.54 Å². The van der Waals surface area contributed by atoms with Gasteiger partial charge in [-0.3, -0.25) is 19.3 Å². The highest BCUT2D eigenvalue weighted by atomic mass is 16.4. The summed E-state index contributed by atoms with van der Waals surface area (Å²) in [6.07, 6.45) is 2.96. The van der Waals surface area contributed by atoms with Crippen LogP contribution in [0.3, 0.4) is 0 Å². The van der Waals surface area contributed by atoms with Crippen LogP contribution in [0.2, 0.25) is 0 Å². The lowest BCUT2D eigenvalue weighted by Crippen LogP contribution is -2.39. The molecule has 7 nitrogen and oxygen atoms in total. The second-order valence-corrected chi connectivity index (χ2v) is 7.08. The number of fused-ring (bicyclic) bond motifs is 5. The van der Waals surface area contributed by atoms with E-state index in [4.69, 9.17) is 5.11 Å². The van der Waals surface area contributed by atoms with Crippen molar-refractivity contribution in [2.24, 2.45) is 23.7 Å². The monoisotopic (exact) mass is 342 g/mol. The van der Waals surface area contributed by atoms with E-state index in [1.54, 1.807) is 0 Å². The third kappa shape index (κ3) is 2.50. The molecule has 2 aliphatic carbocycles. The number of likely N-dealkylation sites (tertiary alicyclic amines) is 1. The van der Waals surface area contributed by atoms with E-state index in [1.165, 1.54) is 24.3 Å². The van der Waals surface area contributed by atoms with Gasteiger partial charge >= 0.3 is 5.97 Å². The Balaban J connectivity index is 1.42. The van der Waals surface area contributed by atoms with E-state index in [2.05, 4.69) is 5.32 Å². The molecule has 0 unspecified atom stereocenters. The number of imide groups is 1. The van der Waals surface area contributed by atoms with Gasteiger partial charge in [-0.1, -0.05) is 0 Å². The lowest BCUT2D eigenvalue weighted by Gasteiger charge is -2.19. The summed E-state index contributed by atoms with van der Waals surface area (Å²) in [5.74, 6) is -1.80. The minimum atomic E-state index is -1.05. The number of hydrogen-bond acceptors (Lipinski definition) is 4.